The molecule has 0 bridgehead atoms. The third kappa shape index (κ3) is 4.93. The minimum Gasteiger partial charge on any atom is -0.377 e. The van der Waals surface area contributed by atoms with E-state index in [1.54, 1.807) is 0 Å². The molecule has 1 aromatic rings. The maximum Gasteiger partial charge on any atom is 0.460 e. The Hall–Kier alpha value is -2.01. The molecular weight excluding hydrogens is 567 g/mol. The first kappa shape index (κ1) is 33.0. The predicted molar refractivity (Wildman–Crippen MR) is 90.9 cm³/mol. The normalized spacial score (nSPS) is 16.2. The van der Waals surface area contributed by atoms with Gasteiger partial charge in [-0.15, -0.1) is 0 Å². The van der Waals surface area contributed by atoms with Gasteiger partial charge in [-0.05, 0) is 17.5 Å². The van der Waals surface area contributed by atoms with Crippen molar-refractivity contribution in [1.29, 1.82) is 0 Å². The maximum absolute atomic E-state index is 14.2. The van der Waals surface area contributed by atoms with Gasteiger partial charge in [-0.1, -0.05) is 31.2 Å². The maximum atomic E-state index is 14.2. The molecular formula is C19H15F17O. The second-order valence-corrected chi connectivity index (χ2v) is 7.68. The number of hydrogen-bond donors (Lipinski definition) is 0. The largest absolute Gasteiger partial charge is 0.460 e. The highest BCUT2D eigenvalue weighted by Gasteiger charge is 2.95. The van der Waals surface area contributed by atoms with E-state index in [0.29, 0.717) is 12.7 Å². The third-order valence-corrected chi connectivity index (χ3v) is 5.24. The number of ether oxygens (including phenoxy) is 1. The quantitative estimate of drug-likeness (QED) is 0.239. The van der Waals surface area contributed by atoms with Crippen LogP contribution in [-0.2, 0) is 11.2 Å². The number of hydrogen-bond acceptors (Lipinski definition) is 1. The zero-order valence-corrected chi connectivity index (χ0v) is 18.1. The molecule has 1 rings (SSSR count). The van der Waals surface area contributed by atoms with Crippen molar-refractivity contribution in [3.05, 3.63) is 35.4 Å². The van der Waals surface area contributed by atoms with Gasteiger partial charge >= 0.3 is 47.6 Å². The molecule has 0 N–H and O–H groups in total. The second kappa shape index (κ2) is 9.63. The Labute approximate surface area is 196 Å². The Balaban J connectivity index is 3.58. The van der Waals surface area contributed by atoms with Crippen LogP contribution in [0.5, 0.6) is 0 Å². The molecule has 0 saturated carbocycles. The lowest BCUT2D eigenvalue weighted by molar-refractivity contribution is -0.462. The van der Waals surface area contributed by atoms with Gasteiger partial charge in [0.15, 0.2) is 0 Å². The highest BCUT2D eigenvalue weighted by atomic mass is 19.4. The van der Waals surface area contributed by atoms with Gasteiger partial charge in [0.2, 0.25) is 0 Å². The number of halogens is 17. The van der Waals surface area contributed by atoms with E-state index in [9.17, 15) is 74.6 Å². The lowest BCUT2D eigenvalue weighted by Gasteiger charge is -2.43. The molecule has 0 heterocycles. The monoisotopic (exact) mass is 582 g/mol. The van der Waals surface area contributed by atoms with Gasteiger partial charge in [-0.25, -0.2) is 0 Å². The number of methoxy groups -OCH3 is 1. The number of aryl methyl sites for hydroxylation is 1. The van der Waals surface area contributed by atoms with Crippen molar-refractivity contribution in [2.45, 2.75) is 73.5 Å². The molecule has 1 unspecified atom stereocenters. The van der Waals surface area contributed by atoms with Crippen molar-refractivity contribution in [2.75, 3.05) is 7.11 Å². The van der Waals surface area contributed by atoms with Crippen LogP contribution in [0.2, 0.25) is 0 Å². The van der Waals surface area contributed by atoms with Crippen molar-refractivity contribution < 1.29 is 79.4 Å². The molecule has 18 heteroatoms. The highest BCUT2D eigenvalue weighted by Crippen LogP contribution is 2.64. The molecule has 0 spiro atoms. The van der Waals surface area contributed by atoms with Crippen LogP contribution in [0.3, 0.4) is 0 Å². The summed E-state index contributed by atoms with van der Waals surface area (Å²) in [4.78, 5) is 0. The molecule has 0 fully saturated rings. The van der Waals surface area contributed by atoms with Crippen LogP contribution < -0.4 is 0 Å². The first-order valence-electron chi connectivity index (χ1n) is 9.54. The summed E-state index contributed by atoms with van der Waals surface area (Å²) < 4.78 is 232. The summed E-state index contributed by atoms with van der Waals surface area (Å²) in [5.41, 5.74) is -0.104. The average molecular weight is 582 g/mol. The van der Waals surface area contributed by atoms with Gasteiger partial charge in [0.05, 0.1) is 6.10 Å². The van der Waals surface area contributed by atoms with Gasteiger partial charge in [0.1, 0.15) is 0 Å². The Morgan fingerprint density at radius 3 is 1.41 bits per heavy atom. The topological polar surface area (TPSA) is 9.23 Å². The van der Waals surface area contributed by atoms with E-state index in [-0.39, 0.29) is 6.42 Å². The first-order valence-corrected chi connectivity index (χ1v) is 9.54. The zero-order valence-electron chi connectivity index (χ0n) is 18.1. The summed E-state index contributed by atoms with van der Waals surface area (Å²) in [6, 6.07) is 4.45. The highest BCUT2D eigenvalue weighted by molar-refractivity contribution is 5.26. The summed E-state index contributed by atoms with van der Waals surface area (Å²) in [6.45, 7) is 1.52. The van der Waals surface area contributed by atoms with Crippen LogP contribution in [0.1, 0.15) is 30.6 Å². The molecule has 0 radical (unpaired) electrons. The fourth-order valence-corrected chi connectivity index (χ4v) is 2.91. The van der Waals surface area contributed by atoms with Crippen LogP contribution in [0.15, 0.2) is 24.3 Å². The lowest BCUT2D eigenvalue weighted by atomic mass is 9.87. The summed E-state index contributed by atoms with van der Waals surface area (Å²) in [7, 11) is 0.554. The molecule has 0 aliphatic rings. The van der Waals surface area contributed by atoms with Crippen molar-refractivity contribution in [3.8, 4) is 0 Å². The van der Waals surface area contributed by atoms with Crippen molar-refractivity contribution in [2.24, 2.45) is 0 Å². The summed E-state index contributed by atoms with van der Waals surface area (Å²) >= 11 is 0. The van der Waals surface area contributed by atoms with Crippen LogP contribution >= 0.6 is 0 Å². The molecule has 1 atom stereocenters. The van der Waals surface area contributed by atoms with E-state index in [0.717, 1.165) is 18.2 Å². The molecule has 1 aromatic carbocycles. The van der Waals surface area contributed by atoms with E-state index in [2.05, 4.69) is 4.74 Å². The van der Waals surface area contributed by atoms with E-state index in [1.807, 2.05) is 0 Å². The van der Waals surface area contributed by atoms with Gasteiger partial charge in [-0.3, -0.25) is 0 Å². The smallest absolute Gasteiger partial charge is 0.377 e. The fraction of sp³-hybridized carbons (Fsp3) is 0.684. The van der Waals surface area contributed by atoms with Crippen LogP contribution in [0.4, 0.5) is 74.6 Å². The molecule has 0 amide bonds. The van der Waals surface area contributed by atoms with E-state index in [1.165, 1.54) is 13.0 Å². The standard InChI is InChI=1S/C19H15F17O/c1-3-9-5-4-6-10(7-9)11(37-2)8-12(20,21)13(22,23)14(24,25)15(26,27)16(28,29)17(30,31)18(32,33)19(34,35)36/h4-7,11H,3,8H2,1-2H3. The zero-order chi connectivity index (χ0) is 29.7. The Morgan fingerprint density at radius 2 is 1.03 bits per heavy atom. The minimum absolute atomic E-state index is 0.201. The molecule has 1 nitrogen and oxygen atoms in total. The Bertz CT molecular complexity index is 935. The number of benzene rings is 1. The van der Waals surface area contributed by atoms with Gasteiger partial charge in [0.25, 0.3) is 0 Å². The molecule has 0 aromatic heterocycles. The fourth-order valence-electron chi connectivity index (χ4n) is 2.91. The van der Waals surface area contributed by atoms with Gasteiger partial charge < -0.3 is 4.74 Å². The van der Waals surface area contributed by atoms with Crippen molar-refractivity contribution in [3.63, 3.8) is 0 Å². The third-order valence-electron chi connectivity index (χ3n) is 5.24. The minimum atomic E-state index is -8.64. The van der Waals surface area contributed by atoms with E-state index in [4.69, 9.17) is 0 Å². The summed E-state index contributed by atoms with van der Waals surface area (Å²) in [5, 5.41) is 0. The predicted octanol–water partition coefficient (Wildman–Crippen LogP) is 8.34. The second-order valence-electron chi connectivity index (χ2n) is 7.68. The summed E-state index contributed by atoms with van der Waals surface area (Å²) in [5.74, 6) is -56.5. The summed E-state index contributed by atoms with van der Waals surface area (Å²) in [6.07, 6.45) is -12.6. The van der Waals surface area contributed by atoms with E-state index >= 15 is 0 Å². The van der Waals surface area contributed by atoms with Crippen LogP contribution in [0, 0.1) is 0 Å². The van der Waals surface area contributed by atoms with E-state index < -0.39 is 65.7 Å². The molecule has 0 saturated heterocycles. The van der Waals surface area contributed by atoms with Gasteiger partial charge in [-0.2, -0.15) is 74.6 Å². The lowest BCUT2D eigenvalue weighted by Crippen LogP contribution is -2.74. The number of rotatable bonds is 11. The molecule has 216 valence electrons. The molecule has 0 aliphatic heterocycles. The van der Waals surface area contributed by atoms with Gasteiger partial charge in [0, 0.05) is 13.5 Å². The SMILES string of the molecule is CCc1cccc(C(CC(F)(F)C(F)(F)C(F)(F)C(F)(F)C(F)(F)C(F)(F)C(F)(F)C(F)(F)F)OC)c1. The first-order chi connectivity index (χ1) is 16.2. The molecule has 37 heavy (non-hydrogen) atoms. The Morgan fingerprint density at radius 1 is 0.622 bits per heavy atom. The Kier molecular flexibility index (Phi) is 8.59. The van der Waals surface area contributed by atoms with Crippen molar-refractivity contribution in [1.82, 2.24) is 0 Å². The van der Waals surface area contributed by atoms with Crippen molar-refractivity contribution >= 4 is 0 Å². The van der Waals surface area contributed by atoms with Crippen LogP contribution in [-0.4, -0.2) is 54.7 Å². The molecule has 0 aliphatic carbocycles. The van der Waals surface area contributed by atoms with Crippen LogP contribution in [0.25, 0.3) is 0 Å². The number of alkyl halides is 17. The average Bonchev–Trinajstić information content (AvgIpc) is 2.75.